The zero-order valence-electron chi connectivity index (χ0n) is 25.0. The van der Waals surface area contributed by atoms with E-state index in [0.29, 0.717) is 19.6 Å². The van der Waals surface area contributed by atoms with Crippen LogP contribution in [0.1, 0.15) is 50.2 Å². The summed E-state index contributed by atoms with van der Waals surface area (Å²) >= 11 is 1.63. The van der Waals surface area contributed by atoms with Crippen LogP contribution >= 0.6 is 11.8 Å². The normalized spacial score (nSPS) is 18.5. The molecule has 2 atom stereocenters. The van der Waals surface area contributed by atoms with E-state index in [-0.39, 0.29) is 31.1 Å². The summed E-state index contributed by atoms with van der Waals surface area (Å²) in [6.07, 6.45) is 6.54. The van der Waals surface area contributed by atoms with Gasteiger partial charge >= 0.3 is 12.2 Å². The molecule has 1 aromatic carbocycles. The molecule has 11 heteroatoms. The van der Waals surface area contributed by atoms with Gasteiger partial charge in [0.2, 0.25) is 0 Å². The Balaban J connectivity index is 1.29. The number of ketones is 1. The monoisotopic (exact) mass is 585 g/mol. The van der Waals surface area contributed by atoms with Crippen LogP contribution in [0.2, 0.25) is 0 Å². The number of ether oxygens (including phenoxy) is 2. The van der Waals surface area contributed by atoms with E-state index in [0.717, 1.165) is 40.8 Å². The van der Waals surface area contributed by atoms with Crippen LogP contribution in [0.25, 0.3) is 10.9 Å². The van der Waals surface area contributed by atoms with Gasteiger partial charge in [0.15, 0.2) is 12.5 Å². The molecule has 2 aromatic rings. The van der Waals surface area contributed by atoms with E-state index in [1.54, 1.807) is 37.4 Å². The van der Waals surface area contributed by atoms with Gasteiger partial charge in [0.25, 0.3) is 0 Å². The van der Waals surface area contributed by atoms with E-state index >= 15 is 0 Å². The van der Waals surface area contributed by atoms with Crippen molar-refractivity contribution in [1.29, 1.82) is 0 Å². The molecule has 1 aromatic heterocycles. The summed E-state index contributed by atoms with van der Waals surface area (Å²) in [6, 6.07) is 8.11. The summed E-state index contributed by atoms with van der Waals surface area (Å²) in [7, 11) is 2.04. The summed E-state index contributed by atoms with van der Waals surface area (Å²) < 4.78 is 13.1. The fourth-order valence-electron chi connectivity index (χ4n) is 5.39. The number of para-hydroxylation sites is 1. The zero-order valence-corrected chi connectivity index (χ0v) is 25.8. The topological polar surface area (TPSA) is 96.3 Å². The summed E-state index contributed by atoms with van der Waals surface area (Å²) in [4.78, 5) is 44.2. The van der Waals surface area contributed by atoms with Crippen molar-refractivity contribution in [3.05, 3.63) is 47.9 Å². The molecule has 41 heavy (non-hydrogen) atoms. The molecular weight excluding hydrogens is 542 g/mol. The molecule has 2 unspecified atom stereocenters. The van der Waals surface area contributed by atoms with Gasteiger partial charge in [-0.1, -0.05) is 18.2 Å². The van der Waals surface area contributed by atoms with E-state index in [1.807, 2.05) is 55.7 Å². The lowest BCUT2D eigenvalue weighted by molar-refractivity contribution is 0.0302. The molecule has 0 fully saturated rings. The average molecular weight is 586 g/mol. The minimum Gasteiger partial charge on any atom is -0.444 e. The molecule has 2 aliphatic rings. The van der Waals surface area contributed by atoms with Gasteiger partial charge in [0, 0.05) is 79.5 Å². The molecule has 1 aliphatic carbocycles. The molecule has 4 rings (SSSR count). The molecule has 0 radical (unpaired) electrons. The fourth-order valence-corrected chi connectivity index (χ4v) is 5.79. The van der Waals surface area contributed by atoms with Crippen molar-refractivity contribution >= 4 is 40.6 Å². The first-order valence-corrected chi connectivity index (χ1v) is 15.6. The van der Waals surface area contributed by atoms with E-state index in [1.165, 1.54) is 0 Å². The first-order valence-electron chi connectivity index (χ1n) is 14.2. The summed E-state index contributed by atoms with van der Waals surface area (Å²) in [5.74, 6) is 0.865. The standard InChI is InChI=1S/C30H43N5O5S/c1-21-34(19-22-11-12-25-26(27(22)36)23-9-7-8-10-24(23)32(25)5)15-16-35(21)20-39-29(38)33(17-18-41-6)14-13-31-28(37)40-30(2,3)4/h7-10,15-16,21-22H,11-14,17-20H2,1-6H3,(H,31,37). The first kappa shape index (κ1) is 30.6. The van der Waals surface area contributed by atoms with Crippen molar-refractivity contribution in [3.63, 3.8) is 0 Å². The quantitative estimate of drug-likeness (QED) is 0.431. The molecule has 10 nitrogen and oxygen atoms in total. The number of Topliss-reactive ketones (excluding diaryl/α,β-unsaturated/α-hetero) is 1. The second-order valence-corrected chi connectivity index (χ2v) is 12.6. The molecule has 1 N–H and O–H groups in total. The molecule has 0 spiro atoms. The number of aryl methyl sites for hydroxylation is 1. The number of carbonyl (C=O) groups excluding carboxylic acids is 3. The van der Waals surface area contributed by atoms with Gasteiger partial charge in [0.05, 0.1) is 0 Å². The van der Waals surface area contributed by atoms with Crippen LogP contribution in [0.3, 0.4) is 0 Å². The maximum Gasteiger partial charge on any atom is 0.411 e. The lowest BCUT2D eigenvalue weighted by atomic mass is 9.84. The number of rotatable bonds is 10. The zero-order chi connectivity index (χ0) is 29.7. The Morgan fingerprint density at radius 2 is 1.88 bits per heavy atom. The highest BCUT2D eigenvalue weighted by molar-refractivity contribution is 7.98. The Hall–Kier alpha value is -3.34. The predicted octanol–water partition coefficient (Wildman–Crippen LogP) is 4.64. The second-order valence-electron chi connectivity index (χ2n) is 11.6. The summed E-state index contributed by atoms with van der Waals surface area (Å²) in [6.45, 7) is 9.24. The SMILES string of the molecule is CSCCN(CCNC(=O)OC(C)(C)C)C(=O)OCN1C=CN(CC2CCc3c(c4ccccc4n3C)C2=O)C1C. The van der Waals surface area contributed by atoms with E-state index in [9.17, 15) is 14.4 Å². The van der Waals surface area contributed by atoms with Crippen LogP contribution in [-0.4, -0.2) is 93.9 Å². The smallest absolute Gasteiger partial charge is 0.411 e. The highest BCUT2D eigenvalue weighted by Crippen LogP contribution is 2.34. The largest absolute Gasteiger partial charge is 0.444 e. The van der Waals surface area contributed by atoms with E-state index in [2.05, 4.69) is 20.9 Å². The summed E-state index contributed by atoms with van der Waals surface area (Å²) in [5, 5.41) is 3.73. The third-order valence-corrected chi connectivity index (χ3v) is 8.22. The van der Waals surface area contributed by atoms with Gasteiger partial charge in [-0.3, -0.25) is 4.79 Å². The Bertz CT molecular complexity index is 1290. The highest BCUT2D eigenvalue weighted by Gasteiger charge is 2.35. The van der Waals surface area contributed by atoms with Crippen LogP contribution in [0.15, 0.2) is 36.7 Å². The average Bonchev–Trinajstić information content (AvgIpc) is 3.42. The summed E-state index contributed by atoms with van der Waals surface area (Å²) in [5.41, 5.74) is 2.50. The van der Waals surface area contributed by atoms with Gasteiger partial charge in [-0.2, -0.15) is 11.8 Å². The lowest BCUT2D eigenvalue weighted by Crippen LogP contribution is -2.44. The van der Waals surface area contributed by atoms with Crippen molar-refractivity contribution in [1.82, 2.24) is 24.6 Å². The number of aromatic nitrogens is 1. The molecule has 1 aliphatic heterocycles. The number of thioether (sulfide) groups is 1. The number of nitrogens with zero attached hydrogens (tertiary/aromatic N) is 4. The van der Waals surface area contributed by atoms with E-state index in [4.69, 9.17) is 9.47 Å². The third-order valence-electron chi connectivity index (χ3n) is 7.63. The Morgan fingerprint density at radius 3 is 2.61 bits per heavy atom. The molecule has 2 heterocycles. The Labute approximate surface area is 247 Å². The van der Waals surface area contributed by atoms with Crippen molar-refractivity contribution in [2.45, 2.75) is 52.3 Å². The van der Waals surface area contributed by atoms with Crippen LogP contribution in [0.5, 0.6) is 0 Å². The van der Waals surface area contributed by atoms with E-state index < -0.39 is 17.8 Å². The van der Waals surface area contributed by atoms with Crippen LogP contribution in [0, 0.1) is 5.92 Å². The predicted molar refractivity (Wildman–Crippen MR) is 162 cm³/mol. The molecule has 0 saturated carbocycles. The number of nitrogens with one attached hydrogen (secondary N) is 1. The molecule has 2 amide bonds. The number of carbonyl (C=O) groups is 3. The minimum atomic E-state index is -0.585. The number of alkyl carbamates (subject to hydrolysis) is 1. The third kappa shape index (κ3) is 7.30. The van der Waals surface area contributed by atoms with Gasteiger partial charge in [-0.25, -0.2) is 9.59 Å². The number of benzene rings is 1. The van der Waals surface area contributed by atoms with Gasteiger partial charge in [-0.05, 0) is 52.9 Å². The van der Waals surface area contributed by atoms with Crippen molar-refractivity contribution in [2.24, 2.45) is 13.0 Å². The fraction of sp³-hybridized carbons (Fsp3) is 0.567. The van der Waals surface area contributed by atoms with Crippen LogP contribution < -0.4 is 5.32 Å². The first-order chi connectivity index (χ1) is 19.5. The van der Waals surface area contributed by atoms with Gasteiger partial charge in [0.1, 0.15) is 11.8 Å². The number of hydrogen-bond donors (Lipinski definition) is 1. The van der Waals surface area contributed by atoms with Crippen molar-refractivity contribution in [2.75, 3.05) is 44.9 Å². The lowest BCUT2D eigenvalue weighted by Gasteiger charge is -2.33. The van der Waals surface area contributed by atoms with Crippen LogP contribution in [0.4, 0.5) is 9.59 Å². The van der Waals surface area contributed by atoms with Gasteiger partial charge in [-0.15, -0.1) is 0 Å². The van der Waals surface area contributed by atoms with Crippen LogP contribution in [-0.2, 0) is 22.9 Å². The molecular formula is C30H43N5O5S. The Morgan fingerprint density at radius 1 is 1.15 bits per heavy atom. The number of amides is 2. The Kier molecular flexibility index (Phi) is 9.78. The van der Waals surface area contributed by atoms with Crippen molar-refractivity contribution < 1.29 is 23.9 Å². The number of hydrogen-bond acceptors (Lipinski definition) is 8. The molecule has 224 valence electrons. The van der Waals surface area contributed by atoms with Gasteiger partial charge < -0.3 is 34.1 Å². The van der Waals surface area contributed by atoms with Crippen molar-refractivity contribution in [3.8, 4) is 0 Å². The maximum atomic E-state index is 13.6. The molecule has 0 bridgehead atoms. The minimum absolute atomic E-state index is 0.0574. The molecule has 0 saturated heterocycles. The highest BCUT2D eigenvalue weighted by atomic mass is 32.2. The maximum absolute atomic E-state index is 13.6. The number of fused-ring (bicyclic) bond motifs is 3. The second kappa shape index (κ2) is 13.1.